The van der Waals surface area contributed by atoms with E-state index in [0.29, 0.717) is 0 Å². The van der Waals surface area contributed by atoms with E-state index < -0.39 is 0 Å². The van der Waals surface area contributed by atoms with Gasteiger partial charge in [-0.2, -0.15) is 0 Å². The molecule has 0 atom stereocenters. The molecule has 136 valence electrons. The van der Waals surface area contributed by atoms with E-state index in [-0.39, 0.29) is 0 Å². The van der Waals surface area contributed by atoms with E-state index in [0.717, 1.165) is 37.4 Å². The highest BCUT2D eigenvalue weighted by Gasteiger charge is 2.12. The Hall–Kier alpha value is -2.61. The van der Waals surface area contributed by atoms with Crippen molar-refractivity contribution in [3.8, 4) is 21.1 Å². The molecular formula is C21H14N4S3. The van der Waals surface area contributed by atoms with Crippen molar-refractivity contribution < 1.29 is 0 Å². The minimum Gasteiger partial charge on any atom is -0.254 e. The van der Waals surface area contributed by atoms with Crippen LogP contribution in [-0.4, -0.2) is 19.9 Å². The second kappa shape index (κ2) is 7.79. The van der Waals surface area contributed by atoms with Crippen molar-refractivity contribution in [3.05, 3.63) is 78.2 Å². The molecule has 0 aliphatic heterocycles. The lowest BCUT2D eigenvalue weighted by Crippen LogP contribution is -1.86. The zero-order valence-corrected chi connectivity index (χ0v) is 17.1. The van der Waals surface area contributed by atoms with E-state index >= 15 is 0 Å². The molecule has 4 nitrogen and oxygen atoms in total. The number of nitrogens with zero attached hydrogens (tertiary/aromatic N) is 4. The number of thioether (sulfide) groups is 1. The van der Waals surface area contributed by atoms with E-state index in [1.165, 1.54) is 10.4 Å². The minimum absolute atomic E-state index is 0.770. The normalized spacial score (nSPS) is 11.1. The van der Waals surface area contributed by atoms with E-state index in [2.05, 4.69) is 50.7 Å². The maximum atomic E-state index is 4.72. The average Bonchev–Trinajstić information content (AvgIpc) is 3.41. The van der Waals surface area contributed by atoms with Crippen LogP contribution in [0.15, 0.2) is 77.5 Å². The van der Waals surface area contributed by atoms with Gasteiger partial charge in [-0.25, -0.2) is 15.0 Å². The quantitative estimate of drug-likeness (QED) is 0.252. The number of hydrogen-bond acceptors (Lipinski definition) is 7. The van der Waals surface area contributed by atoms with Gasteiger partial charge in [0.15, 0.2) is 0 Å². The molecule has 0 radical (unpaired) electrons. The Morgan fingerprint density at radius 1 is 0.929 bits per heavy atom. The molecule has 0 saturated carbocycles. The highest BCUT2D eigenvalue weighted by Crippen LogP contribution is 2.37. The molecule has 0 bridgehead atoms. The van der Waals surface area contributed by atoms with Gasteiger partial charge in [-0.3, -0.25) is 4.98 Å². The topological polar surface area (TPSA) is 51.6 Å². The largest absolute Gasteiger partial charge is 0.254 e. The standard InChI is InChI=1S/C21H14N4S3/c1-2-6-14(7-3-1)18-10-16-19(23-13-24-20(16)28-18)26-11-15-12-27-21(25-15)17-8-4-5-9-22-17/h1-10,12-13H,11H2. The lowest BCUT2D eigenvalue weighted by Gasteiger charge is -2.00. The Kier molecular flexibility index (Phi) is 4.86. The molecule has 5 aromatic rings. The lowest BCUT2D eigenvalue weighted by atomic mass is 10.2. The van der Waals surface area contributed by atoms with Gasteiger partial charge in [-0.05, 0) is 23.8 Å². The van der Waals surface area contributed by atoms with Crippen LogP contribution >= 0.6 is 34.4 Å². The highest BCUT2D eigenvalue weighted by atomic mass is 32.2. The molecule has 0 N–H and O–H groups in total. The third-order valence-corrected chi connectivity index (χ3v) is 7.19. The van der Waals surface area contributed by atoms with Gasteiger partial charge < -0.3 is 0 Å². The fourth-order valence-corrected chi connectivity index (χ4v) is 5.65. The molecule has 4 heterocycles. The zero-order valence-electron chi connectivity index (χ0n) is 14.6. The maximum absolute atomic E-state index is 4.72. The molecular weight excluding hydrogens is 404 g/mol. The Labute approximate surface area is 174 Å². The number of rotatable bonds is 5. The van der Waals surface area contributed by atoms with Crippen molar-refractivity contribution in [3.63, 3.8) is 0 Å². The summed E-state index contributed by atoms with van der Waals surface area (Å²) >= 11 is 5.03. The van der Waals surface area contributed by atoms with Gasteiger partial charge in [0.1, 0.15) is 21.2 Å². The summed E-state index contributed by atoms with van der Waals surface area (Å²) in [5.41, 5.74) is 3.17. The number of pyridine rings is 1. The van der Waals surface area contributed by atoms with Crippen molar-refractivity contribution in [2.75, 3.05) is 0 Å². The van der Waals surface area contributed by atoms with Gasteiger partial charge in [-0.1, -0.05) is 48.2 Å². The van der Waals surface area contributed by atoms with Gasteiger partial charge in [-0.15, -0.1) is 22.7 Å². The van der Waals surface area contributed by atoms with E-state index in [1.54, 1.807) is 47.0 Å². The second-order valence-electron chi connectivity index (χ2n) is 6.02. The fourth-order valence-electron chi connectivity index (χ4n) is 2.82. The first-order valence-corrected chi connectivity index (χ1v) is 11.3. The predicted octanol–water partition coefficient (Wildman–Crippen LogP) is 6.17. The number of fused-ring (bicyclic) bond motifs is 1. The van der Waals surface area contributed by atoms with E-state index in [9.17, 15) is 0 Å². The lowest BCUT2D eigenvalue weighted by molar-refractivity contribution is 1.10. The first-order chi connectivity index (χ1) is 13.9. The van der Waals surface area contributed by atoms with Crippen LogP contribution in [0.25, 0.3) is 31.4 Å². The van der Waals surface area contributed by atoms with Crippen LogP contribution in [0.5, 0.6) is 0 Å². The average molecular weight is 419 g/mol. The van der Waals surface area contributed by atoms with Crippen LogP contribution in [-0.2, 0) is 5.75 Å². The van der Waals surface area contributed by atoms with Crippen molar-refractivity contribution in [2.24, 2.45) is 0 Å². The Morgan fingerprint density at radius 2 is 1.82 bits per heavy atom. The van der Waals surface area contributed by atoms with Gasteiger partial charge in [0.2, 0.25) is 0 Å². The number of benzene rings is 1. The molecule has 0 amide bonds. The van der Waals surface area contributed by atoms with Gasteiger partial charge in [0.05, 0.1) is 11.4 Å². The summed E-state index contributed by atoms with van der Waals surface area (Å²) in [5, 5.41) is 5.15. The van der Waals surface area contributed by atoms with Crippen molar-refractivity contribution in [1.29, 1.82) is 0 Å². The van der Waals surface area contributed by atoms with Crippen molar-refractivity contribution in [1.82, 2.24) is 19.9 Å². The molecule has 0 unspecified atom stereocenters. The number of aromatic nitrogens is 4. The Bertz CT molecular complexity index is 1220. The number of thiazole rings is 1. The first kappa shape index (κ1) is 17.5. The third-order valence-electron chi connectivity index (χ3n) is 4.14. The van der Waals surface area contributed by atoms with Crippen LogP contribution in [0.3, 0.4) is 0 Å². The molecule has 0 aliphatic rings. The van der Waals surface area contributed by atoms with E-state index in [4.69, 9.17) is 4.98 Å². The molecule has 28 heavy (non-hydrogen) atoms. The zero-order chi connectivity index (χ0) is 18.8. The summed E-state index contributed by atoms with van der Waals surface area (Å²) in [4.78, 5) is 20.3. The summed E-state index contributed by atoms with van der Waals surface area (Å²) in [6.07, 6.45) is 3.44. The Morgan fingerprint density at radius 3 is 2.68 bits per heavy atom. The van der Waals surface area contributed by atoms with Gasteiger partial charge >= 0.3 is 0 Å². The van der Waals surface area contributed by atoms with Crippen molar-refractivity contribution >= 4 is 44.7 Å². The minimum atomic E-state index is 0.770. The maximum Gasteiger partial charge on any atom is 0.142 e. The van der Waals surface area contributed by atoms with Crippen LogP contribution in [0.4, 0.5) is 0 Å². The fraction of sp³-hybridized carbons (Fsp3) is 0.0476. The smallest absolute Gasteiger partial charge is 0.142 e. The molecule has 7 heteroatoms. The molecule has 4 aromatic heterocycles. The summed E-state index contributed by atoms with van der Waals surface area (Å²) < 4.78 is 0. The predicted molar refractivity (Wildman–Crippen MR) is 118 cm³/mol. The van der Waals surface area contributed by atoms with E-state index in [1.807, 2.05) is 24.3 Å². The monoisotopic (exact) mass is 418 g/mol. The molecule has 0 fully saturated rings. The van der Waals surface area contributed by atoms with Crippen LogP contribution in [0, 0.1) is 0 Å². The van der Waals surface area contributed by atoms with Gasteiger partial charge in [0, 0.05) is 27.6 Å². The molecule has 5 rings (SSSR count). The van der Waals surface area contributed by atoms with Crippen LogP contribution in [0.2, 0.25) is 0 Å². The third kappa shape index (κ3) is 3.56. The second-order valence-corrected chi connectivity index (χ2v) is 8.87. The Balaban J connectivity index is 1.39. The molecule has 1 aromatic carbocycles. The molecule has 0 saturated heterocycles. The summed E-state index contributed by atoms with van der Waals surface area (Å²) in [5.74, 6) is 0.770. The summed E-state index contributed by atoms with van der Waals surface area (Å²) in [6.45, 7) is 0. The van der Waals surface area contributed by atoms with Crippen molar-refractivity contribution in [2.45, 2.75) is 10.8 Å². The summed E-state index contributed by atoms with van der Waals surface area (Å²) in [6, 6.07) is 18.5. The van der Waals surface area contributed by atoms with Crippen LogP contribution in [0.1, 0.15) is 5.69 Å². The number of hydrogen-bond donors (Lipinski definition) is 0. The SMILES string of the molecule is c1ccc(-c2cc3c(SCc4csc(-c5ccccn5)n4)ncnc3s2)cc1. The highest BCUT2D eigenvalue weighted by molar-refractivity contribution is 7.98. The number of thiophene rings is 1. The van der Waals surface area contributed by atoms with Crippen LogP contribution < -0.4 is 0 Å². The molecule has 0 spiro atoms. The first-order valence-electron chi connectivity index (χ1n) is 8.65. The summed E-state index contributed by atoms with van der Waals surface area (Å²) in [7, 11) is 0. The molecule has 0 aliphatic carbocycles. The van der Waals surface area contributed by atoms with Gasteiger partial charge in [0.25, 0.3) is 0 Å².